The second-order valence-corrected chi connectivity index (χ2v) is 9.40. The van der Waals surface area contributed by atoms with Crippen LogP contribution in [0.25, 0.3) is 33.4 Å². The van der Waals surface area contributed by atoms with Crippen LogP contribution < -0.4 is 5.43 Å². The van der Waals surface area contributed by atoms with Gasteiger partial charge in [-0.2, -0.15) is 0 Å². The van der Waals surface area contributed by atoms with Crippen LogP contribution in [0, 0.1) is 0 Å². The van der Waals surface area contributed by atoms with Gasteiger partial charge < -0.3 is 14.6 Å². The van der Waals surface area contributed by atoms with E-state index in [0.717, 1.165) is 0 Å². The molecule has 0 unspecified atom stereocenters. The van der Waals surface area contributed by atoms with E-state index in [1.807, 2.05) is 0 Å². The van der Waals surface area contributed by atoms with E-state index in [1.54, 1.807) is 30.3 Å². The first-order valence-corrected chi connectivity index (χ1v) is 11.2. The minimum atomic E-state index is -1.09. The van der Waals surface area contributed by atoms with Gasteiger partial charge in [0.2, 0.25) is 5.43 Å². The molecule has 5 nitrogen and oxygen atoms in total. The number of carboxylic acids is 1. The van der Waals surface area contributed by atoms with Crippen molar-refractivity contribution in [2.24, 2.45) is 0 Å². The van der Waals surface area contributed by atoms with Crippen LogP contribution >= 0.6 is 63.7 Å². The summed E-state index contributed by atoms with van der Waals surface area (Å²) in [6.45, 7) is 0. The molecular weight excluding hydrogens is 686 g/mol. The third-order valence-corrected chi connectivity index (χ3v) is 7.10. The number of halogens is 4. The molecule has 1 aliphatic heterocycles. The Morgan fingerprint density at radius 1 is 0.903 bits per heavy atom. The monoisotopic (exact) mass is 690 g/mol. The van der Waals surface area contributed by atoms with Gasteiger partial charge in [0.25, 0.3) is 0 Å². The SMILES string of the molecule is O=C(O)c1ccccc1-c1c2cc(Br)c(=O)c(Br)c-2oc2c(Br)c(O)c(Br)cc12.[Na].[Na]. The summed E-state index contributed by atoms with van der Waals surface area (Å²) in [7, 11) is 0. The van der Waals surface area contributed by atoms with Gasteiger partial charge in [0.05, 0.1) is 14.5 Å². The predicted octanol–water partition coefficient (Wildman–Crippen LogP) is 6.26. The molecule has 1 heterocycles. The molecule has 2 aromatic carbocycles. The Morgan fingerprint density at radius 3 is 2.19 bits per heavy atom. The zero-order valence-electron chi connectivity index (χ0n) is 16.1. The first-order valence-electron chi connectivity index (χ1n) is 8.00. The van der Waals surface area contributed by atoms with Crippen LogP contribution in [-0.4, -0.2) is 75.3 Å². The Bertz CT molecular complexity index is 1370. The normalized spacial score (nSPS) is 10.6. The molecule has 4 rings (SSSR count). The summed E-state index contributed by atoms with van der Waals surface area (Å²) in [5, 5.41) is 20.6. The van der Waals surface area contributed by atoms with Gasteiger partial charge in [-0.3, -0.25) is 4.79 Å². The first-order chi connectivity index (χ1) is 13.7. The van der Waals surface area contributed by atoms with Crippen LogP contribution in [0.4, 0.5) is 0 Å². The van der Waals surface area contributed by atoms with E-state index in [9.17, 15) is 19.8 Å². The summed E-state index contributed by atoms with van der Waals surface area (Å²) < 4.78 is 7.17. The average molecular weight is 694 g/mol. The van der Waals surface area contributed by atoms with Crippen LogP contribution in [0.1, 0.15) is 10.4 Å². The van der Waals surface area contributed by atoms with Gasteiger partial charge in [0, 0.05) is 75.6 Å². The molecule has 2 radical (unpaired) electrons. The Hall–Kier alpha value is 0.320. The number of aromatic carboxylic acids is 1. The van der Waals surface area contributed by atoms with Crippen molar-refractivity contribution in [3.05, 3.63) is 70.1 Å². The van der Waals surface area contributed by atoms with E-state index in [4.69, 9.17) is 4.42 Å². The number of carboxylic acid groups (broad SMARTS) is 1. The molecule has 0 aromatic heterocycles. The summed E-state index contributed by atoms with van der Waals surface area (Å²) in [6, 6.07) is 9.84. The molecule has 0 amide bonds. The molecule has 2 N–H and O–H groups in total. The standard InChI is InChI=1S/C20H8Br4O5.2Na/c21-11-5-9-13(7-3-1-2-4-8(7)20(27)28)10-6-12(22)17(26)15(24)19(10)29-18(9)14(23)16(11)25;;/h1-6,25H,(H,27,28);;. The second kappa shape index (κ2) is 10.7. The van der Waals surface area contributed by atoms with E-state index in [-0.39, 0.29) is 96.1 Å². The molecule has 31 heavy (non-hydrogen) atoms. The quantitative estimate of drug-likeness (QED) is 0.191. The Morgan fingerprint density at radius 2 is 1.55 bits per heavy atom. The largest absolute Gasteiger partial charge is 0.505 e. The number of hydrogen-bond acceptors (Lipinski definition) is 4. The van der Waals surface area contributed by atoms with Gasteiger partial charge in [0.15, 0.2) is 11.3 Å². The minimum absolute atomic E-state index is 0. The van der Waals surface area contributed by atoms with Crippen molar-refractivity contribution < 1.29 is 19.4 Å². The number of phenols is 1. The third kappa shape index (κ3) is 4.78. The molecule has 0 spiro atoms. The summed E-state index contributed by atoms with van der Waals surface area (Å²) in [4.78, 5) is 24.3. The molecule has 1 aliphatic carbocycles. The number of hydrogen-bond donors (Lipinski definition) is 2. The van der Waals surface area contributed by atoms with Crippen molar-refractivity contribution >= 4 is 140 Å². The van der Waals surface area contributed by atoms with Crippen LogP contribution in [0.2, 0.25) is 0 Å². The zero-order valence-corrected chi connectivity index (χ0v) is 26.4. The summed E-state index contributed by atoms with van der Waals surface area (Å²) >= 11 is 13.2. The van der Waals surface area contributed by atoms with Gasteiger partial charge in [-0.15, -0.1) is 0 Å². The van der Waals surface area contributed by atoms with Crippen molar-refractivity contribution in [2.45, 2.75) is 0 Å². The third-order valence-electron chi connectivity index (χ3n) is 4.45. The number of carbonyl (C=O) groups is 1. The van der Waals surface area contributed by atoms with Gasteiger partial charge in [0.1, 0.15) is 14.7 Å². The molecule has 2 aliphatic rings. The van der Waals surface area contributed by atoms with Crippen molar-refractivity contribution in [3.63, 3.8) is 0 Å². The van der Waals surface area contributed by atoms with Gasteiger partial charge in [-0.25, -0.2) is 4.79 Å². The van der Waals surface area contributed by atoms with E-state index in [1.165, 1.54) is 6.07 Å². The Labute approximate surface area is 254 Å². The van der Waals surface area contributed by atoms with Crippen molar-refractivity contribution in [1.29, 1.82) is 0 Å². The molecular formula is C20H8Br4Na2O5. The first kappa shape index (κ1) is 27.6. The van der Waals surface area contributed by atoms with Crippen molar-refractivity contribution in [1.82, 2.24) is 0 Å². The molecule has 0 saturated carbocycles. The molecule has 11 heteroatoms. The van der Waals surface area contributed by atoms with Gasteiger partial charge in [-0.1, -0.05) is 18.2 Å². The van der Waals surface area contributed by atoms with E-state index in [2.05, 4.69) is 63.7 Å². The second-order valence-electron chi connectivity index (χ2n) is 6.10. The van der Waals surface area contributed by atoms with Crippen LogP contribution in [-0.2, 0) is 0 Å². The zero-order chi connectivity index (χ0) is 21.0. The molecule has 2 aromatic rings. The molecule has 148 valence electrons. The summed E-state index contributed by atoms with van der Waals surface area (Å²) in [6.07, 6.45) is 0. The van der Waals surface area contributed by atoms with Crippen molar-refractivity contribution in [3.8, 4) is 28.2 Å². The Kier molecular flexibility index (Phi) is 9.53. The number of fused-ring (bicyclic) bond motifs is 2. The fraction of sp³-hybridized carbons (Fsp3) is 0. The molecule has 0 bridgehead atoms. The van der Waals surface area contributed by atoms with E-state index < -0.39 is 5.97 Å². The van der Waals surface area contributed by atoms with Crippen LogP contribution in [0.15, 0.2) is 63.5 Å². The molecule has 0 atom stereocenters. The van der Waals surface area contributed by atoms with E-state index >= 15 is 0 Å². The van der Waals surface area contributed by atoms with Crippen molar-refractivity contribution in [2.75, 3.05) is 0 Å². The minimum Gasteiger partial charge on any atom is -0.505 e. The summed E-state index contributed by atoms with van der Waals surface area (Å²) in [5.74, 6) is -0.921. The predicted molar refractivity (Wildman–Crippen MR) is 135 cm³/mol. The van der Waals surface area contributed by atoms with Crippen LogP contribution in [0.3, 0.4) is 0 Å². The van der Waals surface area contributed by atoms with Gasteiger partial charge >= 0.3 is 5.97 Å². The molecule has 0 saturated heterocycles. The topological polar surface area (TPSA) is 87.7 Å². The number of rotatable bonds is 2. The summed E-state index contributed by atoms with van der Waals surface area (Å²) in [5.41, 5.74) is 1.61. The van der Waals surface area contributed by atoms with E-state index in [0.29, 0.717) is 31.0 Å². The fourth-order valence-electron chi connectivity index (χ4n) is 3.17. The van der Waals surface area contributed by atoms with Gasteiger partial charge in [-0.05, 0) is 87.5 Å². The maximum Gasteiger partial charge on any atom is 0.336 e. The number of benzene rings is 3. The molecule has 0 fully saturated rings. The smallest absolute Gasteiger partial charge is 0.336 e. The maximum atomic E-state index is 12.4. The number of phenolic OH excluding ortho intramolecular Hbond substituents is 1. The van der Waals surface area contributed by atoms with Crippen LogP contribution in [0.5, 0.6) is 5.75 Å². The number of aromatic hydroxyl groups is 1. The fourth-order valence-corrected chi connectivity index (χ4v) is 5.57. The average Bonchev–Trinajstić information content (AvgIpc) is 2.69. The Balaban J connectivity index is 0.00000171. The maximum absolute atomic E-state index is 12.4.